The van der Waals surface area contributed by atoms with Crippen LogP contribution in [0.4, 0.5) is 0 Å². The van der Waals surface area contributed by atoms with Crippen LogP contribution in [0.5, 0.6) is 0 Å². The summed E-state index contributed by atoms with van der Waals surface area (Å²) < 4.78 is 0. The number of hydrogen-bond donors (Lipinski definition) is 2. The number of H-pyrrole nitrogens is 1. The van der Waals surface area contributed by atoms with Gasteiger partial charge in [-0.25, -0.2) is 4.79 Å². The maximum absolute atomic E-state index is 10.8. The van der Waals surface area contributed by atoms with Crippen molar-refractivity contribution in [2.45, 2.75) is 0 Å². The highest BCUT2D eigenvalue weighted by atomic mass is 32.1. The predicted molar refractivity (Wildman–Crippen MR) is 66.4 cm³/mol. The van der Waals surface area contributed by atoms with Crippen LogP contribution in [0, 0.1) is 0 Å². The fraction of sp³-hybridized carbons (Fsp3) is 0. The monoisotopic (exact) mass is 244 g/mol. The first-order valence-corrected chi connectivity index (χ1v) is 5.94. The number of fused-ring (bicyclic) bond motifs is 1. The van der Waals surface area contributed by atoms with Gasteiger partial charge < -0.3 is 5.11 Å². The predicted octanol–water partition coefficient (Wildman–Crippen LogP) is 2.99. The molecule has 0 radical (unpaired) electrons. The van der Waals surface area contributed by atoms with Crippen LogP contribution in [0.25, 0.3) is 22.2 Å². The molecule has 3 aromatic rings. The number of nitrogens with zero attached hydrogens (tertiary/aromatic N) is 1. The Bertz CT molecular complexity index is 686. The smallest absolute Gasteiger partial charge is 0.335 e. The van der Waals surface area contributed by atoms with Crippen molar-refractivity contribution in [2.75, 3.05) is 0 Å². The molecule has 0 bridgehead atoms. The molecule has 3 rings (SSSR count). The molecule has 2 heterocycles. The average Bonchev–Trinajstić information content (AvgIpc) is 2.96. The van der Waals surface area contributed by atoms with Gasteiger partial charge in [0.15, 0.2) is 0 Å². The number of rotatable bonds is 2. The molecule has 0 fully saturated rings. The summed E-state index contributed by atoms with van der Waals surface area (Å²) in [6.45, 7) is 0. The van der Waals surface area contributed by atoms with Gasteiger partial charge in [-0.05, 0) is 29.6 Å². The topological polar surface area (TPSA) is 66.0 Å². The first-order valence-electron chi connectivity index (χ1n) is 5.00. The highest BCUT2D eigenvalue weighted by Gasteiger charge is 2.10. The third-order valence-corrected chi connectivity index (χ3v) is 3.29. The van der Waals surface area contributed by atoms with E-state index >= 15 is 0 Å². The van der Waals surface area contributed by atoms with Gasteiger partial charge in [0.25, 0.3) is 0 Å². The van der Waals surface area contributed by atoms with Crippen molar-refractivity contribution in [2.24, 2.45) is 0 Å². The molecule has 2 aromatic heterocycles. The molecule has 0 amide bonds. The summed E-state index contributed by atoms with van der Waals surface area (Å²) >= 11 is 1.61. The summed E-state index contributed by atoms with van der Waals surface area (Å²) in [7, 11) is 0. The molecule has 84 valence electrons. The van der Waals surface area contributed by atoms with E-state index in [2.05, 4.69) is 10.2 Å². The van der Waals surface area contributed by atoms with Crippen LogP contribution in [0.2, 0.25) is 0 Å². The number of benzene rings is 1. The Morgan fingerprint density at radius 3 is 2.94 bits per heavy atom. The molecule has 5 heteroatoms. The Balaban J connectivity index is 2.21. The van der Waals surface area contributed by atoms with E-state index in [1.54, 1.807) is 29.5 Å². The number of aromatic nitrogens is 2. The number of thiophene rings is 1. The number of hydrogen-bond acceptors (Lipinski definition) is 3. The molecule has 4 nitrogen and oxygen atoms in total. The lowest BCUT2D eigenvalue weighted by Gasteiger charge is -1.95. The van der Waals surface area contributed by atoms with E-state index in [1.807, 2.05) is 16.8 Å². The van der Waals surface area contributed by atoms with Crippen molar-refractivity contribution in [1.29, 1.82) is 0 Å². The van der Waals surface area contributed by atoms with Gasteiger partial charge in [-0.2, -0.15) is 16.4 Å². The van der Waals surface area contributed by atoms with E-state index in [4.69, 9.17) is 5.11 Å². The molecule has 1 aromatic carbocycles. The molecule has 0 aliphatic heterocycles. The molecule has 0 atom stereocenters. The summed E-state index contributed by atoms with van der Waals surface area (Å²) in [5.74, 6) is -0.932. The summed E-state index contributed by atoms with van der Waals surface area (Å²) in [5, 5.41) is 20.9. The van der Waals surface area contributed by atoms with Gasteiger partial charge in [-0.3, -0.25) is 5.10 Å². The van der Waals surface area contributed by atoms with E-state index in [0.29, 0.717) is 0 Å². The lowest BCUT2D eigenvalue weighted by molar-refractivity contribution is 0.0697. The standard InChI is InChI=1S/C12H8N2O2S/c15-12(16)7-1-2-9-10(5-7)13-14-11(9)8-3-4-17-6-8/h1-6H,(H,13,14)(H,15,16). The quantitative estimate of drug-likeness (QED) is 0.728. The number of carboxylic acid groups (broad SMARTS) is 1. The molecule has 0 saturated heterocycles. The number of carboxylic acids is 1. The van der Waals surface area contributed by atoms with Crippen LogP contribution in [0.1, 0.15) is 10.4 Å². The maximum atomic E-state index is 10.8. The fourth-order valence-electron chi connectivity index (χ4n) is 1.77. The Hall–Kier alpha value is -2.14. The minimum atomic E-state index is -0.932. The third kappa shape index (κ3) is 1.60. The number of aromatic amines is 1. The summed E-state index contributed by atoms with van der Waals surface area (Å²) in [5.41, 5.74) is 2.91. The largest absolute Gasteiger partial charge is 0.478 e. The zero-order valence-corrected chi connectivity index (χ0v) is 9.49. The van der Waals surface area contributed by atoms with Crippen molar-refractivity contribution in [1.82, 2.24) is 10.2 Å². The highest BCUT2D eigenvalue weighted by molar-refractivity contribution is 7.08. The zero-order chi connectivity index (χ0) is 11.8. The maximum Gasteiger partial charge on any atom is 0.335 e. The summed E-state index contributed by atoms with van der Waals surface area (Å²) in [4.78, 5) is 10.8. The van der Waals surface area contributed by atoms with Crippen LogP contribution in [-0.2, 0) is 0 Å². The van der Waals surface area contributed by atoms with Gasteiger partial charge in [0.05, 0.1) is 11.1 Å². The normalized spacial score (nSPS) is 10.8. The first-order chi connectivity index (χ1) is 8.25. The Kier molecular flexibility index (Phi) is 2.19. The minimum Gasteiger partial charge on any atom is -0.478 e. The Labute approximate surface area is 101 Å². The molecule has 2 N–H and O–H groups in total. The third-order valence-electron chi connectivity index (χ3n) is 2.60. The van der Waals surface area contributed by atoms with Crippen LogP contribution >= 0.6 is 11.3 Å². The van der Waals surface area contributed by atoms with E-state index in [1.165, 1.54) is 0 Å². The van der Waals surface area contributed by atoms with Crippen LogP contribution in [0.3, 0.4) is 0 Å². The molecular weight excluding hydrogens is 236 g/mol. The SMILES string of the molecule is O=C(O)c1ccc2c(-c3ccsc3)n[nH]c2c1. The van der Waals surface area contributed by atoms with Crippen molar-refractivity contribution < 1.29 is 9.90 Å². The van der Waals surface area contributed by atoms with Gasteiger partial charge in [0.1, 0.15) is 5.69 Å². The van der Waals surface area contributed by atoms with Gasteiger partial charge >= 0.3 is 5.97 Å². The van der Waals surface area contributed by atoms with Crippen molar-refractivity contribution in [3.63, 3.8) is 0 Å². The zero-order valence-electron chi connectivity index (χ0n) is 8.68. The average molecular weight is 244 g/mol. The second-order valence-corrected chi connectivity index (χ2v) is 4.43. The molecular formula is C12H8N2O2S. The summed E-state index contributed by atoms with van der Waals surface area (Å²) in [6.07, 6.45) is 0. The molecule has 0 spiro atoms. The second kappa shape index (κ2) is 3.71. The number of aromatic carboxylic acids is 1. The first kappa shape index (κ1) is 10.0. The van der Waals surface area contributed by atoms with Crippen LogP contribution in [-0.4, -0.2) is 21.3 Å². The summed E-state index contributed by atoms with van der Waals surface area (Å²) in [6, 6.07) is 6.97. The van der Waals surface area contributed by atoms with Gasteiger partial charge in [-0.15, -0.1) is 0 Å². The number of nitrogens with one attached hydrogen (secondary N) is 1. The molecule has 0 aliphatic carbocycles. The van der Waals surface area contributed by atoms with Crippen molar-refractivity contribution in [3.8, 4) is 11.3 Å². The number of carbonyl (C=O) groups is 1. The Morgan fingerprint density at radius 1 is 1.35 bits per heavy atom. The van der Waals surface area contributed by atoms with E-state index < -0.39 is 5.97 Å². The van der Waals surface area contributed by atoms with E-state index in [9.17, 15) is 4.79 Å². The van der Waals surface area contributed by atoms with Crippen molar-refractivity contribution in [3.05, 3.63) is 40.6 Å². The van der Waals surface area contributed by atoms with E-state index in [0.717, 1.165) is 22.2 Å². The lowest BCUT2D eigenvalue weighted by atomic mass is 10.1. The van der Waals surface area contributed by atoms with Gasteiger partial charge in [0.2, 0.25) is 0 Å². The second-order valence-electron chi connectivity index (χ2n) is 3.65. The fourth-order valence-corrected chi connectivity index (χ4v) is 2.41. The molecule has 0 saturated carbocycles. The van der Waals surface area contributed by atoms with Crippen molar-refractivity contribution >= 4 is 28.2 Å². The van der Waals surface area contributed by atoms with Crippen LogP contribution < -0.4 is 0 Å². The van der Waals surface area contributed by atoms with Gasteiger partial charge in [-0.1, -0.05) is 0 Å². The minimum absolute atomic E-state index is 0.262. The van der Waals surface area contributed by atoms with Gasteiger partial charge in [0, 0.05) is 16.3 Å². The molecule has 0 aliphatic rings. The van der Waals surface area contributed by atoms with E-state index in [-0.39, 0.29) is 5.56 Å². The molecule has 0 unspecified atom stereocenters. The lowest BCUT2D eigenvalue weighted by Crippen LogP contribution is -1.94. The molecule has 17 heavy (non-hydrogen) atoms. The highest BCUT2D eigenvalue weighted by Crippen LogP contribution is 2.28. The van der Waals surface area contributed by atoms with Crippen LogP contribution in [0.15, 0.2) is 35.0 Å². The Morgan fingerprint density at radius 2 is 2.24 bits per heavy atom.